The third-order valence-electron chi connectivity index (χ3n) is 4.56. The number of halogens is 1. The van der Waals surface area contributed by atoms with Gasteiger partial charge in [-0.3, -0.25) is 9.36 Å². The van der Waals surface area contributed by atoms with Gasteiger partial charge in [0.25, 0.3) is 0 Å². The summed E-state index contributed by atoms with van der Waals surface area (Å²) in [7, 11) is 3.77. The SMILES string of the molecule is Cc1nn(C)c(Cl)c1[C@H]1CCCN1c1ncnc2c1cnn2C. The number of fused-ring (bicyclic) bond motifs is 1. The van der Waals surface area contributed by atoms with E-state index in [1.54, 1.807) is 15.7 Å². The number of aromatic nitrogens is 6. The summed E-state index contributed by atoms with van der Waals surface area (Å²) in [5.74, 6) is 0.921. The first-order valence-corrected chi connectivity index (χ1v) is 8.04. The van der Waals surface area contributed by atoms with E-state index >= 15 is 0 Å². The number of nitrogens with zero attached hydrogens (tertiary/aromatic N) is 7. The molecule has 1 aliphatic rings. The lowest BCUT2D eigenvalue weighted by molar-refractivity contribution is 0.707. The molecular weight excluding hydrogens is 314 g/mol. The van der Waals surface area contributed by atoms with Crippen molar-refractivity contribution in [1.29, 1.82) is 0 Å². The molecular formula is C15H18ClN7. The van der Waals surface area contributed by atoms with Crippen molar-refractivity contribution in [3.05, 3.63) is 28.9 Å². The van der Waals surface area contributed by atoms with Gasteiger partial charge in [0, 0.05) is 26.2 Å². The van der Waals surface area contributed by atoms with E-state index in [4.69, 9.17) is 11.6 Å². The first-order valence-electron chi connectivity index (χ1n) is 7.66. The molecule has 1 fully saturated rings. The Kier molecular flexibility index (Phi) is 3.26. The highest BCUT2D eigenvalue weighted by Crippen LogP contribution is 2.41. The van der Waals surface area contributed by atoms with Crippen molar-refractivity contribution in [3.63, 3.8) is 0 Å². The fraction of sp³-hybridized carbons (Fsp3) is 0.467. The minimum Gasteiger partial charge on any atom is -0.349 e. The van der Waals surface area contributed by atoms with Crippen LogP contribution in [0.2, 0.25) is 5.15 Å². The molecule has 0 N–H and O–H groups in total. The molecule has 3 aromatic heterocycles. The summed E-state index contributed by atoms with van der Waals surface area (Å²) in [6, 6.07) is 0.189. The van der Waals surface area contributed by atoms with Crippen LogP contribution in [0.4, 0.5) is 5.82 Å². The first kappa shape index (κ1) is 14.4. The van der Waals surface area contributed by atoms with E-state index in [-0.39, 0.29) is 6.04 Å². The minimum atomic E-state index is 0.189. The van der Waals surface area contributed by atoms with Crippen molar-refractivity contribution in [2.45, 2.75) is 25.8 Å². The Morgan fingerprint density at radius 2 is 2.04 bits per heavy atom. The zero-order chi connectivity index (χ0) is 16.1. The van der Waals surface area contributed by atoms with Crippen molar-refractivity contribution in [2.75, 3.05) is 11.4 Å². The zero-order valence-corrected chi connectivity index (χ0v) is 14.1. The largest absolute Gasteiger partial charge is 0.349 e. The maximum atomic E-state index is 6.49. The highest BCUT2D eigenvalue weighted by molar-refractivity contribution is 6.30. The van der Waals surface area contributed by atoms with Crippen molar-refractivity contribution in [2.24, 2.45) is 14.1 Å². The third kappa shape index (κ3) is 2.10. The second-order valence-corrected chi connectivity index (χ2v) is 6.33. The lowest BCUT2D eigenvalue weighted by Gasteiger charge is -2.26. The molecule has 0 unspecified atom stereocenters. The molecule has 1 aliphatic heterocycles. The average Bonchev–Trinajstić information content (AvgIpc) is 3.20. The molecule has 0 spiro atoms. The zero-order valence-electron chi connectivity index (χ0n) is 13.4. The van der Waals surface area contributed by atoms with Crippen LogP contribution in [-0.4, -0.2) is 36.1 Å². The topological polar surface area (TPSA) is 64.7 Å². The maximum absolute atomic E-state index is 6.49. The molecule has 8 heteroatoms. The molecule has 1 saturated heterocycles. The van der Waals surface area contributed by atoms with Crippen molar-refractivity contribution >= 4 is 28.5 Å². The predicted octanol–water partition coefficient (Wildman–Crippen LogP) is 2.40. The quantitative estimate of drug-likeness (QED) is 0.721. The van der Waals surface area contributed by atoms with Crippen molar-refractivity contribution < 1.29 is 0 Å². The molecule has 4 heterocycles. The summed E-state index contributed by atoms with van der Waals surface area (Å²) in [5.41, 5.74) is 2.92. The van der Waals surface area contributed by atoms with Crippen LogP contribution < -0.4 is 4.90 Å². The Labute approximate surface area is 138 Å². The Morgan fingerprint density at radius 3 is 2.78 bits per heavy atom. The molecule has 1 atom stereocenters. The van der Waals surface area contributed by atoms with E-state index in [9.17, 15) is 0 Å². The maximum Gasteiger partial charge on any atom is 0.163 e. The van der Waals surface area contributed by atoms with Crippen LogP contribution in [0.5, 0.6) is 0 Å². The van der Waals surface area contributed by atoms with Gasteiger partial charge in [-0.25, -0.2) is 9.97 Å². The lowest BCUT2D eigenvalue weighted by atomic mass is 10.1. The van der Waals surface area contributed by atoms with Crippen LogP contribution in [0.1, 0.15) is 30.1 Å². The van der Waals surface area contributed by atoms with Gasteiger partial charge in [0.05, 0.1) is 23.3 Å². The van der Waals surface area contributed by atoms with Gasteiger partial charge in [-0.2, -0.15) is 10.2 Å². The van der Waals surface area contributed by atoms with E-state index in [1.165, 1.54) is 0 Å². The smallest absolute Gasteiger partial charge is 0.163 e. The van der Waals surface area contributed by atoms with E-state index in [0.717, 1.165) is 47.5 Å². The summed E-state index contributed by atoms with van der Waals surface area (Å²) in [4.78, 5) is 11.2. The lowest BCUT2D eigenvalue weighted by Crippen LogP contribution is -2.24. The molecule has 3 aromatic rings. The molecule has 0 amide bonds. The van der Waals surface area contributed by atoms with Crippen LogP contribution in [0.3, 0.4) is 0 Å². The second kappa shape index (κ2) is 5.19. The summed E-state index contributed by atoms with van der Waals surface area (Å²) in [6.07, 6.45) is 5.57. The van der Waals surface area contributed by atoms with Gasteiger partial charge in [-0.05, 0) is 19.8 Å². The fourth-order valence-corrected chi connectivity index (χ4v) is 3.82. The van der Waals surface area contributed by atoms with Crippen LogP contribution in [0, 0.1) is 6.92 Å². The number of rotatable bonds is 2. The Hall–Kier alpha value is -2.15. The Morgan fingerprint density at radius 1 is 1.22 bits per heavy atom. The Balaban J connectivity index is 1.84. The van der Waals surface area contributed by atoms with Gasteiger partial charge in [-0.1, -0.05) is 11.6 Å². The van der Waals surface area contributed by atoms with Gasteiger partial charge in [0.1, 0.15) is 17.3 Å². The molecule has 0 aliphatic carbocycles. The number of hydrogen-bond acceptors (Lipinski definition) is 5. The number of hydrogen-bond donors (Lipinski definition) is 0. The normalized spacial score (nSPS) is 18.3. The highest BCUT2D eigenvalue weighted by atomic mass is 35.5. The number of aryl methyl sites for hydroxylation is 3. The molecule has 0 saturated carbocycles. The molecule has 120 valence electrons. The van der Waals surface area contributed by atoms with E-state index < -0.39 is 0 Å². The van der Waals surface area contributed by atoms with Crippen molar-refractivity contribution in [3.8, 4) is 0 Å². The summed E-state index contributed by atoms with van der Waals surface area (Å²) in [5, 5.41) is 10.4. The molecule has 0 radical (unpaired) electrons. The van der Waals surface area contributed by atoms with Gasteiger partial charge in [0.2, 0.25) is 0 Å². The molecule has 0 bridgehead atoms. The van der Waals surface area contributed by atoms with Gasteiger partial charge < -0.3 is 4.90 Å². The van der Waals surface area contributed by atoms with E-state index in [1.807, 2.05) is 27.2 Å². The van der Waals surface area contributed by atoms with Crippen LogP contribution in [0.25, 0.3) is 11.0 Å². The van der Waals surface area contributed by atoms with Crippen LogP contribution >= 0.6 is 11.6 Å². The second-order valence-electron chi connectivity index (χ2n) is 5.97. The summed E-state index contributed by atoms with van der Waals surface area (Å²) in [6.45, 7) is 2.95. The van der Waals surface area contributed by atoms with Gasteiger partial charge in [0.15, 0.2) is 5.65 Å². The molecule has 4 rings (SSSR count). The molecule has 7 nitrogen and oxygen atoms in total. The highest BCUT2D eigenvalue weighted by Gasteiger charge is 2.33. The summed E-state index contributed by atoms with van der Waals surface area (Å²) < 4.78 is 3.51. The predicted molar refractivity (Wildman–Crippen MR) is 88.6 cm³/mol. The van der Waals surface area contributed by atoms with Crippen molar-refractivity contribution in [1.82, 2.24) is 29.5 Å². The number of anilines is 1. The Bertz CT molecular complexity index is 881. The monoisotopic (exact) mass is 331 g/mol. The third-order valence-corrected chi connectivity index (χ3v) is 5.01. The summed E-state index contributed by atoms with van der Waals surface area (Å²) >= 11 is 6.49. The van der Waals surface area contributed by atoms with Crippen LogP contribution in [0.15, 0.2) is 12.5 Å². The van der Waals surface area contributed by atoms with Gasteiger partial charge in [-0.15, -0.1) is 0 Å². The minimum absolute atomic E-state index is 0.189. The standard InChI is InChI=1S/C15H18ClN7/c1-9-12(13(16)21(2)20-9)11-5-4-6-23(11)15-10-7-19-22(3)14(10)17-8-18-15/h7-8,11H,4-6H2,1-3H3/t11-/m1/s1. The van der Waals surface area contributed by atoms with E-state index in [2.05, 4.69) is 25.1 Å². The van der Waals surface area contributed by atoms with Gasteiger partial charge >= 0.3 is 0 Å². The molecule has 23 heavy (non-hydrogen) atoms. The molecule has 0 aromatic carbocycles. The van der Waals surface area contributed by atoms with Crippen LogP contribution in [-0.2, 0) is 14.1 Å². The fourth-order valence-electron chi connectivity index (χ4n) is 3.52. The average molecular weight is 332 g/mol. The van der Waals surface area contributed by atoms with E-state index in [0.29, 0.717) is 5.15 Å². The first-order chi connectivity index (χ1) is 11.1.